The predicted octanol–water partition coefficient (Wildman–Crippen LogP) is 12.8. The maximum absolute atomic E-state index is 12.7. The highest BCUT2D eigenvalue weighted by molar-refractivity contribution is 5.80. The fraction of sp³-hybridized carbons (Fsp3) is 0.974. The average molecular weight is 579 g/mol. The van der Waals surface area contributed by atoms with Gasteiger partial charge in [-0.2, -0.15) is 0 Å². The maximum atomic E-state index is 12.7. The minimum Gasteiger partial charge on any atom is -0.464 e. The van der Waals surface area contributed by atoms with Crippen LogP contribution >= 0.6 is 0 Å². The van der Waals surface area contributed by atoms with E-state index in [9.17, 15) is 4.79 Å². The summed E-state index contributed by atoms with van der Waals surface area (Å²) in [7, 11) is 0. The number of carbonyl (C=O) groups excluding carboxylic acids is 1. The lowest BCUT2D eigenvalue weighted by molar-refractivity contribution is -0.202. The second-order valence-electron chi connectivity index (χ2n) is 13.4. The maximum Gasteiger partial charge on any atom is 0.338 e. The molecule has 0 radical (unpaired) electrons. The van der Waals surface area contributed by atoms with Gasteiger partial charge in [-0.25, -0.2) is 4.79 Å². The van der Waals surface area contributed by atoms with E-state index in [1.165, 1.54) is 180 Å². The van der Waals surface area contributed by atoms with Crippen LogP contribution in [-0.4, -0.2) is 24.8 Å². The molecular weight excluding hydrogens is 504 g/mol. The van der Waals surface area contributed by atoms with Crippen molar-refractivity contribution >= 4 is 5.97 Å². The molecule has 0 amide bonds. The van der Waals surface area contributed by atoms with Crippen molar-refractivity contribution in [1.29, 1.82) is 0 Å². The molecule has 1 fully saturated rings. The Morgan fingerprint density at radius 2 is 0.780 bits per heavy atom. The van der Waals surface area contributed by atoms with E-state index in [4.69, 9.17) is 9.47 Å². The molecule has 1 heterocycles. The summed E-state index contributed by atoms with van der Waals surface area (Å²) >= 11 is 0. The second-order valence-corrected chi connectivity index (χ2v) is 13.4. The first kappa shape index (κ1) is 38.5. The number of carbonyl (C=O) groups is 1. The lowest BCUT2D eigenvalue weighted by Gasteiger charge is -2.39. The molecule has 1 atom stereocenters. The lowest BCUT2D eigenvalue weighted by Crippen LogP contribution is -2.51. The Hall–Kier alpha value is -0.570. The third kappa shape index (κ3) is 22.6. The Labute approximate surface area is 258 Å². The third-order valence-electron chi connectivity index (χ3n) is 9.42. The molecule has 1 aliphatic rings. The van der Waals surface area contributed by atoms with Crippen LogP contribution in [0.25, 0.3) is 0 Å². The largest absolute Gasteiger partial charge is 0.464 e. The highest BCUT2D eigenvalue weighted by atomic mass is 16.6. The Morgan fingerprint density at radius 3 is 1.07 bits per heavy atom. The first-order chi connectivity index (χ1) is 20.2. The Bertz CT molecular complexity index is 542. The van der Waals surface area contributed by atoms with Crippen LogP contribution in [0.1, 0.15) is 219 Å². The molecule has 244 valence electrons. The van der Waals surface area contributed by atoms with Gasteiger partial charge in [-0.1, -0.05) is 194 Å². The van der Waals surface area contributed by atoms with Crippen LogP contribution in [-0.2, 0) is 14.3 Å². The molecule has 3 nitrogen and oxygen atoms in total. The zero-order valence-corrected chi connectivity index (χ0v) is 28.3. The highest BCUT2D eigenvalue weighted by Crippen LogP contribution is 2.34. The number of rotatable bonds is 33. The lowest BCUT2D eigenvalue weighted by atomic mass is 9.88. The summed E-state index contributed by atoms with van der Waals surface area (Å²) < 4.78 is 11.5. The quantitative estimate of drug-likeness (QED) is 0.0574. The highest BCUT2D eigenvalue weighted by Gasteiger charge is 2.46. The monoisotopic (exact) mass is 579 g/mol. The SMILES string of the molecule is CCCCCCCCCCCCCCCCCCOC(=O)C1(CCCCCCCCCCCCCCCC)CCO1. The van der Waals surface area contributed by atoms with Gasteiger partial charge < -0.3 is 9.47 Å². The van der Waals surface area contributed by atoms with Crippen molar-refractivity contribution in [2.24, 2.45) is 0 Å². The molecule has 0 aromatic rings. The fourth-order valence-electron chi connectivity index (χ4n) is 6.36. The van der Waals surface area contributed by atoms with Gasteiger partial charge in [0.15, 0.2) is 5.60 Å². The summed E-state index contributed by atoms with van der Waals surface area (Å²) in [6, 6.07) is 0. The van der Waals surface area contributed by atoms with E-state index in [0.29, 0.717) is 13.2 Å². The molecule has 41 heavy (non-hydrogen) atoms. The molecule has 0 aliphatic carbocycles. The van der Waals surface area contributed by atoms with E-state index < -0.39 is 5.60 Å². The fourth-order valence-corrected chi connectivity index (χ4v) is 6.36. The van der Waals surface area contributed by atoms with Gasteiger partial charge in [0.05, 0.1) is 13.2 Å². The minimum atomic E-state index is -0.605. The smallest absolute Gasteiger partial charge is 0.338 e. The van der Waals surface area contributed by atoms with E-state index in [1.54, 1.807) is 0 Å². The molecule has 0 bridgehead atoms. The summed E-state index contributed by atoms with van der Waals surface area (Å²) in [5, 5.41) is 0. The van der Waals surface area contributed by atoms with Crippen LogP contribution in [0.4, 0.5) is 0 Å². The zero-order valence-electron chi connectivity index (χ0n) is 28.3. The number of esters is 1. The van der Waals surface area contributed by atoms with E-state index in [-0.39, 0.29) is 5.97 Å². The van der Waals surface area contributed by atoms with Crippen LogP contribution in [0.15, 0.2) is 0 Å². The van der Waals surface area contributed by atoms with Crippen LogP contribution in [0.5, 0.6) is 0 Å². The molecule has 1 saturated heterocycles. The van der Waals surface area contributed by atoms with E-state index in [0.717, 1.165) is 25.7 Å². The van der Waals surface area contributed by atoms with Crippen molar-refractivity contribution in [2.75, 3.05) is 13.2 Å². The molecule has 0 saturated carbocycles. The van der Waals surface area contributed by atoms with Gasteiger partial charge in [-0.05, 0) is 19.3 Å². The van der Waals surface area contributed by atoms with E-state index >= 15 is 0 Å². The van der Waals surface area contributed by atoms with Gasteiger partial charge in [0.2, 0.25) is 0 Å². The first-order valence-electron chi connectivity index (χ1n) is 19.1. The molecule has 1 rings (SSSR count). The van der Waals surface area contributed by atoms with E-state index in [1.807, 2.05) is 0 Å². The second kappa shape index (κ2) is 29.5. The number of hydrogen-bond acceptors (Lipinski definition) is 3. The topological polar surface area (TPSA) is 35.5 Å². The van der Waals surface area contributed by atoms with Gasteiger partial charge in [0.1, 0.15) is 0 Å². The number of unbranched alkanes of at least 4 members (excludes halogenated alkanes) is 28. The molecule has 1 aliphatic heterocycles. The van der Waals surface area contributed by atoms with Crippen molar-refractivity contribution in [3.8, 4) is 0 Å². The number of hydrogen-bond donors (Lipinski definition) is 0. The Morgan fingerprint density at radius 1 is 0.488 bits per heavy atom. The summed E-state index contributed by atoms with van der Waals surface area (Å²) in [6.45, 7) is 5.86. The number of ether oxygens (including phenoxy) is 2. The summed E-state index contributed by atoms with van der Waals surface area (Å²) in [5.74, 6) is -0.0839. The molecule has 0 aromatic carbocycles. The van der Waals surface area contributed by atoms with Crippen LogP contribution in [0, 0.1) is 0 Å². The molecular formula is C38H74O3. The first-order valence-corrected chi connectivity index (χ1v) is 19.1. The third-order valence-corrected chi connectivity index (χ3v) is 9.42. The predicted molar refractivity (Wildman–Crippen MR) is 179 cm³/mol. The van der Waals surface area contributed by atoms with Gasteiger partial charge in [-0.15, -0.1) is 0 Å². The minimum absolute atomic E-state index is 0.0839. The Kier molecular flexibility index (Phi) is 27.7. The summed E-state index contributed by atoms with van der Waals surface area (Å²) in [6.07, 6.45) is 42.5. The van der Waals surface area contributed by atoms with Crippen molar-refractivity contribution in [1.82, 2.24) is 0 Å². The van der Waals surface area contributed by atoms with Crippen molar-refractivity contribution < 1.29 is 14.3 Å². The van der Waals surface area contributed by atoms with E-state index in [2.05, 4.69) is 13.8 Å². The zero-order chi connectivity index (χ0) is 29.5. The summed E-state index contributed by atoms with van der Waals surface area (Å²) in [4.78, 5) is 12.7. The van der Waals surface area contributed by atoms with Crippen molar-refractivity contribution in [2.45, 2.75) is 225 Å². The van der Waals surface area contributed by atoms with Crippen LogP contribution < -0.4 is 0 Å². The van der Waals surface area contributed by atoms with Crippen molar-refractivity contribution in [3.63, 3.8) is 0 Å². The normalized spacial score (nSPS) is 16.6. The average Bonchev–Trinajstić information content (AvgIpc) is 2.95. The van der Waals surface area contributed by atoms with Gasteiger partial charge >= 0.3 is 5.97 Å². The Balaban J connectivity index is 1.85. The van der Waals surface area contributed by atoms with Gasteiger partial charge in [-0.3, -0.25) is 0 Å². The standard InChI is InChI=1S/C38H74O3/c1-3-5-7-9-11-13-15-17-19-20-22-24-26-28-30-32-35-40-37(39)38(34-36-41-38)33-31-29-27-25-23-21-18-16-14-12-10-8-6-4-2/h3-36H2,1-2H3. The van der Waals surface area contributed by atoms with Crippen LogP contribution in [0.3, 0.4) is 0 Å². The van der Waals surface area contributed by atoms with Crippen molar-refractivity contribution in [3.05, 3.63) is 0 Å². The molecule has 0 N–H and O–H groups in total. The molecule has 0 spiro atoms. The summed E-state index contributed by atoms with van der Waals surface area (Å²) in [5.41, 5.74) is -0.605. The van der Waals surface area contributed by atoms with Crippen LogP contribution in [0.2, 0.25) is 0 Å². The molecule has 3 heteroatoms. The molecule has 1 unspecified atom stereocenters. The molecule has 0 aromatic heterocycles. The van der Waals surface area contributed by atoms with Gasteiger partial charge in [0.25, 0.3) is 0 Å². The van der Waals surface area contributed by atoms with Gasteiger partial charge in [0, 0.05) is 6.42 Å².